The van der Waals surface area contributed by atoms with Gasteiger partial charge in [0.25, 0.3) is 0 Å². The molecule has 0 aromatic rings. The number of rotatable bonds is 8. The highest BCUT2D eigenvalue weighted by Crippen LogP contribution is 2.27. The molecule has 0 spiro atoms. The first kappa shape index (κ1) is 14.0. The summed E-state index contributed by atoms with van der Waals surface area (Å²) in [4.78, 5) is 0. The lowest BCUT2D eigenvalue weighted by atomic mass is 9.82. The van der Waals surface area contributed by atoms with Gasteiger partial charge in [-0.1, -0.05) is 66.7 Å². The van der Waals surface area contributed by atoms with E-state index in [4.69, 9.17) is 0 Å². The summed E-state index contributed by atoms with van der Waals surface area (Å²) in [6.07, 6.45) is 8.35. The fourth-order valence-electron chi connectivity index (χ4n) is 2.59. The maximum absolute atomic E-state index is 2.44. The lowest BCUT2D eigenvalue weighted by molar-refractivity contribution is 0.272. The van der Waals surface area contributed by atoms with Crippen molar-refractivity contribution in [1.29, 1.82) is 0 Å². The molecule has 0 nitrogen and oxygen atoms in total. The fraction of sp³-hybridized carbons (Fsp3) is 1.00. The van der Waals surface area contributed by atoms with Crippen LogP contribution >= 0.6 is 0 Å². The van der Waals surface area contributed by atoms with E-state index in [1.54, 1.807) is 0 Å². The van der Waals surface area contributed by atoms with Crippen LogP contribution in [-0.2, 0) is 0 Å². The Morgan fingerprint density at radius 2 is 1.50 bits per heavy atom. The predicted octanol–water partition coefficient (Wildman–Crippen LogP) is 5.28. The van der Waals surface area contributed by atoms with Gasteiger partial charge >= 0.3 is 0 Å². The summed E-state index contributed by atoms with van der Waals surface area (Å²) in [7, 11) is 0. The number of hydrogen-bond donors (Lipinski definition) is 0. The monoisotopic (exact) mass is 198 g/mol. The molecule has 0 heterocycles. The second kappa shape index (κ2) is 8.32. The highest BCUT2D eigenvalue weighted by Gasteiger charge is 2.15. The maximum atomic E-state index is 2.44. The quantitative estimate of drug-likeness (QED) is 0.498. The third-order valence-electron chi connectivity index (χ3n) is 3.68. The fourth-order valence-corrected chi connectivity index (χ4v) is 2.59. The molecule has 0 aliphatic carbocycles. The zero-order valence-electron chi connectivity index (χ0n) is 11.0. The normalized spacial score (nSPS) is 15.9. The van der Waals surface area contributed by atoms with E-state index in [-0.39, 0.29) is 0 Å². The van der Waals surface area contributed by atoms with Crippen LogP contribution in [0.3, 0.4) is 0 Å². The predicted molar refractivity (Wildman–Crippen MR) is 66.5 cm³/mol. The topological polar surface area (TPSA) is 0 Å². The van der Waals surface area contributed by atoms with Crippen LogP contribution in [0.5, 0.6) is 0 Å². The van der Waals surface area contributed by atoms with Crippen molar-refractivity contribution in [2.75, 3.05) is 0 Å². The summed E-state index contributed by atoms with van der Waals surface area (Å²) < 4.78 is 0. The van der Waals surface area contributed by atoms with Gasteiger partial charge in [0, 0.05) is 0 Å². The molecule has 0 aromatic carbocycles. The molecule has 0 N–H and O–H groups in total. The van der Waals surface area contributed by atoms with Gasteiger partial charge in [0.1, 0.15) is 0 Å². The van der Waals surface area contributed by atoms with Crippen molar-refractivity contribution in [1.82, 2.24) is 0 Å². The third kappa shape index (κ3) is 5.67. The average Bonchev–Trinajstić information content (AvgIpc) is 2.16. The van der Waals surface area contributed by atoms with Crippen LogP contribution in [0.25, 0.3) is 0 Å². The van der Waals surface area contributed by atoms with Gasteiger partial charge in [0.15, 0.2) is 0 Å². The van der Waals surface area contributed by atoms with E-state index < -0.39 is 0 Å². The van der Waals surface area contributed by atoms with Crippen LogP contribution in [0.2, 0.25) is 0 Å². The van der Waals surface area contributed by atoms with Crippen LogP contribution in [0.4, 0.5) is 0 Å². The highest BCUT2D eigenvalue weighted by molar-refractivity contribution is 4.67. The lowest BCUT2D eigenvalue weighted by Crippen LogP contribution is -2.13. The van der Waals surface area contributed by atoms with Gasteiger partial charge in [-0.2, -0.15) is 0 Å². The molecular weight excluding hydrogens is 168 g/mol. The van der Waals surface area contributed by atoms with Gasteiger partial charge in [0.05, 0.1) is 0 Å². The average molecular weight is 198 g/mol. The van der Waals surface area contributed by atoms with Crippen molar-refractivity contribution in [3.05, 3.63) is 0 Å². The Labute approximate surface area is 91.5 Å². The van der Waals surface area contributed by atoms with Crippen molar-refractivity contribution in [2.24, 2.45) is 17.8 Å². The van der Waals surface area contributed by atoms with Gasteiger partial charge < -0.3 is 0 Å². The van der Waals surface area contributed by atoms with Crippen LogP contribution in [0.15, 0.2) is 0 Å². The zero-order chi connectivity index (χ0) is 11.0. The standard InChI is InChI=1S/C14H30/c1-6-9-10-12(4)11-13(5)14(7-2)8-3/h12-14H,6-11H2,1-5H3. The molecule has 0 rings (SSSR count). The molecule has 0 saturated carbocycles. The first-order valence-electron chi connectivity index (χ1n) is 6.65. The summed E-state index contributed by atoms with van der Waals surface area (Å²) in [6.45, 7) is 11.8. The van der Waals surface area contributed by atoms with E-state index in [0.29, 0.717) is 0 Å². The van der Waals surface area contributed by atoms with Gasteiger partial charge in [-0.3, -0.25) is 0 Å². The van der Waals surface area contributed by atoms with Crippen molar-refractivity contribution >= 4 is 0 Å². The van der Waals surface area contributed by atoms with Crippen LogP contribution in [0.1, 0.15) is 73.1 Å². The van der Waals surface area contributed by atoms with E-state index >= 15 is 0 Å². The van der Waals surface area contributed by atoms with Gasteiger partial charge in [-0.15, -0.1) is 0 Å². The minimum atomic E-state index is 0.928. The van der Waals surface area contributed by atoms with Gasteiger partial charge in [0.2, 0.25) is 0 Å². The smallest absolute Gasteiger partial charge is 0.0394 e. The van der Waals surface area contributed by atoms with Crippen molar-refractivity contribution in [3.8, 4) is 0 Å². The first-order valence-corrected chi connectivity index (χ1v) is 6.65. The Morgan fingerprint density at radius 1 is 0.929 bits per heavy atom. The molecule has 0 bridgehead atoms. The van der Waals surface area contributed by atoms with Crippen molar-refractivity contribution < 1.29 is 0 Å². The third-order valence-corrected chi connectivity index (χ3v) is 3.68. The Balaban J connectivity index is 3.73. The van der Waals surface area contributed by atoms with Crippen molar-refractivity contribution in [3.63, 3.8) is 0 Å². The number of unbranched alkanes of at least 4 members (excludes halogenated alkanes) is 1. The first-order chi connectivity index (χ1) is 6.65. The molecule has 0 fully saturated rings. The molecule has 0 amide bonds. The maximum Gasteiger partial charge on any atom is -0.0394 e. The second-order valence-corrected chi connectivity index (χ2v) is 5.04. The Hall–Kier alpha value is 0. The molecule has 2 atom stereocenters. The molecule has 86 valence electrons. The van der Waals surface area contributed by atoms with E-state index in [1.165, 1.54) is 38.5 Å². The van der Waals surface area contributed by atoms with Gasteiger partial charge in [-0.25, -0.2) is 0 Å². The van der Waals surface area contributed by atoms with E-state index in [1.807, 2.05) is 0 Å². The molecule has 0 saturated heterocycles. The Kier molecular flexibility index (Phi) is 8.32. The van der Waals surface area contributed by atoms with Crippen LogP contribution < -0.4 is 0 Å². The van der Waals surface area contributed by atoms with Gasteiger partial charge in [-0.05, 0) is 24.2 Å². The summed E-state index contributed by atoms with van der Waals surface area (Å²) >= 11 is 0. The van der Waals surface area contributed by atoms with Crippen LogP contribution in [-0.4, -0.2) is 0 Å². The minimum absolute atomic E-state index is 0.928. The number of hydrogen-bond acceptors (Lipinski definition) is 0. The van der Waals surface area contributed by atoms with E-state index in [9.17, 15) is 0 Å². The van der Waals surface area contributed by atoms with Crippen LogP contribution in [0, 0.1) is 17.8 Å². The molecule has 0 aliphatic rings. The van der Waals surface area contributed by atoms with Crippen molar-refractivity contribution in [2.45, 2.75) is 73.1 Å². The second-order valence-electron chi connectivity index (χ2n) is 5.04. The minimum Gasteiger partial charge on any atom is -0.0654 e. The lowest BCUT2D eigenvalue weighted by Gasteiger charge is -2.24. The largest absolute Gasteiger partial charge is 0.0654 e. The summed E-state index contributed by atoms with van der Waals surface area (Å²) in [6, 6.07) is 0. The molecule has 0 aromatic heterocycles. The molecular formula is C14H30. The molecule has 14 heavy (non-hydrogen) atoms. The molecule has 0 radical (unpaired) electrons. The molecule has 0 aliphatic heterocycles. The Bertz CT molecular complexity index is 113. The Morgan fingerprint density at radius 3 is 1.93 bits per heavy atom. The van der Waals surface area contributed by atoms with E-state index in [0.717, 1.165) is 17.8 Å². The molecule has 2 unspecified atom stereocenters. The van der Waals surface area contributed by atoms with E-state index in [2.05, 4.69) is 34.6 Å². The highest BCUT2D eigenvalue weighted by atomic mass is 14.2. The SMILES string of the molecule is CCCCC(C)CC(C)C(CC)CC. The summed E-state index contributed by atoms with van der Waals surface area (Å²) in [5.41, 5.74) is 0. The summed E-state index contributed by atoms with van der Waals surface area (Å²) in [5, 5.41) is 0. The summed E-state index contributed by atoms with van der Waals surface area (Å²) in [5.74, 6) is 2.82. The molecule has 0 heteroatoms. The zero-order valence-corrected chi connectivity index (χ0v) is 11.0.